The lowest BCUT2D eigenvalue weighted by Crippen LogP contribution is -2.54. The minimum atomic E-state index is 0.709. The summed E-state index contributed by atoms with van der Waals surface area (Å²) in [5, 5.41) is 0. The van der Waals surface area contributed by atoms with Crippen molar-refractivity contribution >= 4 is 0 Å². The number of hydrogen-bond donors (Lipinski definition) is 0. The van der Waals surface area contributed by atoms with Gasteiger partial charge in [-0.05, 0) is 64.2 Å². The van der Waals surface area contributed by atoms with E-state index >= 15 is 0 Å². The lowest BCUT2D eigenvalue weighted by Gasteiger charge is -2.44. The third-order valence-electron chi connectivity index (χ3n) is 5.85. The fourth-order valence-corrected chi connectivity index (χ4v) is 4.13. The largest absolute Gasteiger partial charge is 0.298 e. The van der Waals surface area contributed by atoms with E-state index in [1.807, 2.05) is 0 Å². The summed E-state index contributed by atoms with van der Waals surface area (Å²) >= 11 is 0. The zero-order chi connectivity index (χ0) is 14.7. The Morgan fingerprint density at radius 1 is 0.950 bits per heavy atom. The molecule has 118 valence electrons. The second-order valence-corrected chi connectivity index (χ2v) is 7.96. The minimum absolute atomic E-state index is 0.709. The van der Waals surface area contributed by atoms with Gasteiger partial charge in [0.25, 0.3) is 0 Å². The van der Waals surface area contributed by atoms with Crippen molar-refractivity contribution in [1.29, 1.82) is 0 Å². The Hall–Kier alpha value is -0.0800. The standard InChI is InChI=1S/C18H36N2/c1-14(2)18-8-6-17(7-9-18)13-20-11-10-19(15(3)4)12-16(20)5/h14-18H,6-13H2,1-5H3/t16-,17?,18?/m1/s1. The quantitative estimate of drug-likeness (QED) is 0.771. The minimum Gasteiger partial charge on any atom is -0.298 e. The molecule has 0 aromatic heterocycles. The van der Waals surface area contributed by atoms with Gasteiger partial charge in [0.2, 0.25) is 0 Å². The fraction of sp³-hybridized carbons (Fsp3) is 1.00. The second-order valence-electron chi connectivity index (χ2n) is 7.96. The van der Waals surface area contributed by atoms with Gasteiger partial charge in [0, 0.05) is 38.3 Å². The molecule has 0 aromatic rings. The van der Waals surface area contributed by atoms with E-state index < -0.39 is 0 Å². The fourth-order valence-electron chi connectivity index (χ4n) is 4.13. The molecule has 2 aliphatic rings. The van der Waals surface area contributed by atoms with Gasteiger partial charge in [0.05, 0.1) is 0 Å². The van der Waals surface area contributed by atoms with E-state index in [4.69, 9.17) is 0 Å². The smallest absolute Gasteiger partial charge is 0.0195 e. The van der Waals surface area contributed by atoms with Gasteiger partial charge >= 0.3 is 0 Å². The van der Waals surface area contributed by atoms with Crippen LogP contribution in [-0.4, -0.2) is 48.1 Å². The van der Waals surface area contributed by atoms with Crippen LogP contribution in [0.4, 0.5) is 0 Å². The van der Waals surface area contributed by atoms with Crippen LogP contribution >= 0.6 is 0 Å². The predicted octanol–water partition coefficient (Wildman–Crippen LogP) is 3.86. The van der Waals surface area contributed by atoms with Gasteiger partial charge in [-0.3, -0.25) is 9.80 Å². The van der Waals surface area contributed by atoms with Crippen LogP contribution in [-0.2, 0) is 0 Å². The highest BCUT2D eigenvalue weighted by Crippen LogP contribution is 2.34. The number of hydrogen-bond acceptors (Lipinski definition) is 2. The van der Waals surface area contributed by atoms with Crippen molar-refractivity contribution in [2.24, 2.45) is 17.8 Å². The van der Waals surface area contributed by atoms with Crippen molar-refractivity contribution in [1.82, 2.24) is 9.80 Å². The van der Waals surface area contributed by atoms with Crippen molar-refractivity contribution in [3.63, 3.8) is 0 Å². The maximum absolute atomic E-state index is 2.76. The molecule has 1 saturated carbocycles. The molecular formula is C18H36N2. The van der Waals surface area contributed by atoms with Gasteiger partial charge < -0.3 is 0 Å². The summed E-state index contributed by atoms with van der Waals surface area (Å²) < 4.78 is 0. The summed E-state index contributed by atoms with van der Waals surface area (Å²) in [6.45, 7) is 17.1. The monoisotopic (exact) mass is 280 g/mol. The Labute approximate surface area is 126 Å². The summed E-state index contributed by atoms with van der Waals surface area (Å²) in [6, 6.07) is 1.45. The Bertz CT molecular complexity index is 279. The average Bonchev–Trinajstić information content (AvgIpc) is 2.41. The van der Waals surface area contributed by atoms with E-state index in [9.17, 15) is 0 Å². The highest BCUT2D eigenvalue weighted by Gasteiger charge is 2.29. The Morgan fingerprint density at radius 3 is 2.10 bits per heavy atom. The van der Waals surface area contributed by atoms with E-state index in [0.29, 0.717) is 6.04 Å². The summed E-state index contributed by atoms with van der Waals surface area (Å²) in [7, 11) is 0. The topological polar surface area (TPSA) is 6.48 Å². The summed E-state index contributed by atoms with van der Waals surface area (Å²) in [4.78, 5) is 5.40. The van der Waals surface area contributed by atoms with Gasteiger partial charge in [-0.2, -0.15) is 0 Å². The first-order chi connectivity index (χ1) is 9.47. The lowest BCUT2D eigenvalue weighted by atomic mass is 9.77. The maximum Gasteiger partial charge on any atom is 0.0195 e. The predicted molar refractivity (Wildman–Crippen MR) is 88.0 cm³/mol. The third-order valence-corrected chi connectivity index (χ3v) is 5.85. The average molecular weight is 281 g/mol. The Morgan fingerprint density at radius 2 is 1.60 bits per heavy atom. The van der Waals surface area contributed by atoms with E-state index in [0.717, 1.165) is 23.8 Å². The highest BCUT2D eigenvalue weighted by molar-refractivity contribution is 4.84. The summed E-state index contributed by atoms with van der Waals surface area (Å²) in [5.74, 6) is 2.86. The van der Waals surface area contributed by atoms with Gasteiger partial charge in [-0.25, -0.2) is 0 Å². The molecular weight excluding hydrogens is 244 g/mol. The maximum atomic E-state index is 2.76. The van der Waals surface area contributed by atoms with E-state index in [1.54, 1.807) is 0 Å². The first-order valence-electron chi connectivity index (χ1n) is 8.95. The van der Waals surface area contributed by atoms with Crippen LogP contribution in [0.2, 0.25) is 0 Å². The Balaban J connectivity index is 1.75. The molecule has 20 heavy (non-hydrogen) atoms. The van der Waals surface area contributed by atoms with Crippen molar-refractivity contribution in [2.45, 2.75) is 72.4 Å². The van der Waals surface area contributed by atoms with Crippen molar-refractivity contribution in [3.8, 4) is 0 Å². The van der Waals surface area contributed by atoms with E-state index in [-0.39, 0.29) is 0 Å². The van der Waals surface area contributed by atoms with Crippen molar-refractivity contribution < 1.29 is 0 Å². The van der Waals surface area contributed by atoms with Crippen LogP contribution in [0.15, 0.2) is 0 Å². The van der Waals surface area contributed by atoms with Crippen LogP contribution in [0.5, 0.6) is 0 Å². The Kier molecular flexibility index (Phi) is 5.92. The van der Waals surface area contributed by atoms with Crippen LogP contribution in [0.1, 0.15) is 60.3 Å². The molecule has 0 radical (unpaired) electrons. The molecule has 1 atom stereocenters. The molecule has 0 aromatic carbocycles. The van der Waals surface area contributed by atoms with Gasteiger partial charge in [-0.15, -0.1) is 0 Å². The molecule has 2 nitrogen and oxygen atoms in total. The molecule has 0 amide bonds. The number of piperazine rings is 1. The van der Waals surface area contributed by atoms with Crippen LogP contribution in [0.25, 0.3) is 0 Å². The molecule has 0 N–H and O–H groups in total. The van der Waals surface area contributed by atoms with Crippen molar-refractivity contribution in [3.05, 3.63) is 0 Å². The molecule has 2 fully saturated rings. The molecule has 0 spiro atoms. The molecule has 1 saturated heterocycles. The molecule has 0 unspecified atom stereocenters. The molecule has 1 heterocycles. The van der Waals surface area contributed by atoms with E-state index in [2.05, 4.69) is 44.4 Å². The molecule has 2 rings (SSSR count). The molecule has 1 aliphatic carbocycles. The summed E-state index contributed by atoms with van der Waals surface area (Å²) in [5.41, 5.74) is 0. The molecule has 0 bridgehead atoms. The van der Waals surface area contributed by atoms with Gasteiger partial charge in [-0.1, -0.05) is 13.8 Å². The van der Waals surface area contributed by atoms with Crippen molar-refractivity contribution in [2.75, 3.05) is 26.2 Å². The van der Waals surface area contributed by atoms with Crippen LogP contribution < -0.4 is 0 Å². The number of rotatable bonds is 4. The molecule has 1 aliphatic heterocycles. The number of nitrogens with zero attached hydrogens (tertiary/aromatic N) is 2. The molecule has 2 heteroatoms. The summed E-state index contributed by atoms with van der Waals surface area (Å²) in [6.07, 6.45) is 5.89. The SMILES string of the molecule is CC(C)C1CCC(CN2CCN(C(C)C)C[C@H]2C)CC1. The lowest BCUT2D eigenvalue weighted by molar-refractivity contribution is 0.0455. The van der Waals surface area contributed by atoms with Crippen LogP contribution in [0, 0.1) is 17.8 Å². The highest BCUT2D eigenvalue weighted by atomic mass is 15.3. The van der Waals surface area contributed by atoms with Gasteiger partial charge in [0.1, 0.15) is 0 Å². The first kappa shape index (κ1) is 16.3. The zero-order valence-electron chi connectivity index (χ0n) is 14.4. The van der Waals surface area contributed by atoms with Crippen LogP contribution in [0.3, 0.4) is 0 Å². The first-order valence-corrected chi connectivity index (χ1v) is 8.95. The van der Waals surface area contributed by atoms with Gasteiger partial charge in [0.15, 0.2) is 0 Å². The normalized spacial score (nSPS) is 34.0. The van der Waals surface area contributed by atoms with E-state index in [1.165, 1.54) is 51.9 Å². The third kappa shape index (κ3) is 4.21. The second kappa shape index (κ2) is 7.26. The zero-order valence-corrected chi connectivity index (χ0v) is 14.4.